The first-order valence-corrected chi connectivity index (χ1v) is 7.69. The van der Waals surface area contributed by atoms with Gasteiger partial charge in [-0.1, -0.05) is 33.8 Å². The fourth-order valence-electron chi connectivity index (χ4n) is 3.97. The lowest BCUT2D eigenvalue weighted by molar-refractivity contribution is 0.0713. The van der Waals surface area contributed by atoms with E-state index in [1.165, 1.54) is 6.42 Å². The predicted octanol–water partition coefficient (Wildman–Crippen LogP) is 4.04. The second-order valence-corrected chi connectivity index (χ2v) is 8.09. The van der Waals surface area contributed by atoms with Crippen LogP contribution in [0.1, 0.15) is 62.9 Å². The number of aryl methyl sites for hydroxylation is 1. The summed E-state index contributed by atoms with van der Waals surface area (Å²) in [6.45, 7) is 10.9. The first-order chi connectivity index (χ1) is 9.58. The van der Waals surface area contributed by atoms with Gasteiger partial charge in [-0.25, -0.2) is 0 Å². The molecule has 1 aliphatic rings. The number of phenols is 1. The Morgan fingerprint density at radius 3 is 2.29 bits per heavy atom. The molecule has 1 fully saturated rings. The van der Waals surface area contributed by atoms with E-state index >= 15 is 0 Å². The first kappa shape index (κ1) is 15.9. The van der Waals surface area contributed by atoms with Gasteiger partial charge in [0, 0.05) is 11.6 Å². The SMILES string of the molecule is Cc1ccc(C(=O)NC2CC(C)(C)CC(C)(C)C2)cc1O. The van der Waals surface area contributed by atoms with Crippen LogP contribution in [0.3, 0.4) is 0 Å². The van der Waals surface area contributed by atoms with Crippen LogP contribution in [0.25, 0.3) is 0 Å². The normalized spacial score (nSPS) is 21.0. The number of rotatable bonds is 2. The van der Waals surface area contributed by atoms with Crippen molar-refractivity contribution >= 4 is 5.91 Å². The van der Waals surface area contributed by atoms with Crippen LogP contribution in [0.5, 0.6) is 5.75 Å². The maximum Gasteiger partial charge on any atom is 0.251 e. The van der Waals surface area contributed by atoms with Crippen LogP contribution < -0.4 is 5.32 Å². The van der Waals surface area contributed by atoms with Crippen LogP contribution in [0, 0.1) is 17.8 Å². The number of hydrogen-bond donors (Lipinski definition) is 2. The van der Waals surface area contributed by atoms with Crippen molar-refractivity contribution in [1.29, 1.82) is 0 Å². The molecule has 2 N–H and O–H groups in total. The van der Waals surface area contributed by atoms with Crippen LogP contribution >= 0.6 is 0 Å². The van der Waals surface area contributed by atoms with Crippen molar-refractivity contribution < 1.29 is 9.90 Å². The third-order valence-corrected chi connectivity index (χ3v) is 4.36. The van der Waals surface area contributed by atoms with Gasteiger partial charge in [-0.3, -0.25) is 4.79 Å². The molecule has 0 heterocycles. The van der Waals surface area contributed by atoms with E-state index in [-0.39, 0.29) is 28.5 Å². The number of amides is 1. The molecule has 3 nitrogen and oxygen atoms in total. The van der Waals surface area contributed by atoms with E-state index < -0.39 is 0 Å². The van der Waals surface area contributed by atoms with Crippen molar-refractivity contribution in [3.63, 3.8) is 0 Å². The Labute approximate surface area is 127 Å². The van der Waals surface area contributed by atoms with Gasteiger partial charge in [0.15, 0.2) is 0 Å². The van der Waals surface area contributed by atoms with E-state index in [1.807, 2.05) is 6.92 Å². The van der Waals surface area contributed by atoms with Crippen molar-refractivity contribution in [3.05, 3.63) is 29.3 Å². The molecular weight excluding hydrogens is 262 g/mol. The molecule has 1 aromatic carbocycles. The number of aromatic hydroxyl groups is 1. The molecule has 116 valence electrons. The van der Waals surface area contributed by atoms with Crippen molar-refractivity contribution in [2.45, 2.75) is 59.9 Å². The van der Waals surface area contributed by atoms with Crippen molar-refractivity contribution in [3.8, 4) is 5.75 Å². The van der Waals surface area contributed by atoms with Crippen LogP contribution in [-0.2, 0) is 0 Å². The van der Waals surface area contributed by atoms with Gasteiger partial charge >= 0.3 is 0 Å². The van der Waals surface area contributed by atoms with Gasteiger partial charge in [-0.2, -0.15) is 0 Å². The lowest BCUT2D eigenvalue weighted by Gasteiger charge is -2.45. The Kier molecular flexibility index (Phi) is 4.05. The minimum atomic E-state index is -0.0937. The third kappa shape index (κ3) is 3.99. The average molecular weight is 289 g/mol. The van der Waals surface area contributed by atoms with E-state index in [0.717, 1.165) is 18.4 Å². The third-order valence-electron chi connectivity index (χ3n) is 4.36. The van der Waals surface area contributed by atoms with Gasteiger partial charge in [0.2, 0.25) is 0 Å². The van der Waals surface area contributed by atoms with Gasteiger partial charge in [0.1, 0.15) is 5.75 Å². The number of nitrogens with one attached hydrogen (secondary N) is 1. The largest absolute Gasteiger partial charge is 0.508 e. The highest BCUT2D eigenvalue weighted by atomic mass is 16.3. The summed E-state index contributed by atoms with van der Waals surface area (Å²) in [6.07, 6.45) is 3.18. The molecule has 1 aromatic rings. The molecule has 0 aliphatic heterocycles. The maximum atomic E-state index is 12.4. The zero-order valence-corrected chi connectivity index (χ0v) is 13.8. The number of benzene rings is 1. The maximum absolute atomic E-state index is 12.4. The first-order valence-electron chi connectivity index (χ1n) is 7.69. The molecule has 1 aliphatic carbocycles. The number of carbonyl (C=O) groups is 1. The fraction of sp³-hybridized carbons (Fsp3) is 0.611. The van der Waals surface area contributed by atoms with E-state index in [9.17, 15) is 9.90 Å². The summed E-state index contributed by atoms with van der Waals surface area (Å²) >= 11 is 0. The van der Waals surface area contributed by atoms with E-state index in [0.29, 0.717) is 5.56 Å². The Morgan fingerprint density at radius 2 is 1.76 bits per heavy atom. The summed E-state index contributed by atoms with van der Waals surface area (Å²) < 4.78 is 0. The topological polar surface area (TPSA) is 49.3 Å². The predicted molar refractivity (Wildman–Crippen MR) is 85.5 cm³/mol. The molecular formula is C18H27NO2. The van der Waals surface area contributed by atoms with E-state index in [2.05, 4.69) is 33.0 Å². The molecule has 3 heteroatoms. The lowest BCUT2D eigenvalue weighted by atomic mass is 9.63. The zero-order valence-electron chi connectivity index (χ0n) is 13.8. The molecule has 0 atom stereocenters. The van der Waals surface area contributed by atoms with E-state index in [4.69, 9.17) is 0 Å². The summed E-state index contributed by atoms with van der Waals surface area (Å²) in [5, 5.41) is 12.9. The number of carbonyl (C=O) groups excluding carboxylic acids is 1. The molecule has 1 amide bonds. The molecule has 0 bridgehead atoms. The molecule has 21 heavy (non-hydrogen) atoms. The molecule has 0 saturated heterocycles. The summed E-state index contributed by atoms with van der Waals surface area (Å²) in [6, 6.07) is 5.28. The molecule has 1 saturated carbocycles. The smallest absolute Gasteiger partial charge is 0.251 e. The van der Waals surface area contributed by atoms with Gasteiger partial charge < -0.3 is 10.4 Å². The Balaban J connectivity index is 2.10. The van der Waals surface area contributed by atoms with Crippen molar-refractivity contribution in [2.24, 2.45) is 10.8 Å². The highest BCUT2D eigenvalue weighted by Gasteiger charge is 2.38. The molecule has 0 spiro atoms. The van der Waals surface area contributed by atoms with Gasteiger partial charge in [0.25, 0.3) is 5.91 Å². The lowest BCUT2D eigenvalue weighted by Crippen LogP contribution is -2.46. The Hall–Kier alpha value is -1.51. The average Bonchev–Trinajstić information content (AvgIpc) is 2.28. The summed E-state index contributed by atoms with van der Waals surface area (Å²) in [4.78, 5) is 12.4. The number of phenolic OH excluding ortho intramolecular Hbond substituents is 1. The minimum Gasteiger partial charge on any atom is -0.508 e. The summed E-state index contributed by atoms with van der Waals surface area (Å²) in [5.41, 5.74) is 1.80. The van der Waals surface area contributed by atoms with Crippen molar-refractivity contribution in [2.75, 3.05) is 0 Å². The molecule has 0 unspecified atom stereocenters. The molecule has 0 radical (unpaired) electrons. The summed E-state index contributed by atoms with van der Waals surface area (Å²) in [5.74, 6) is 0.0794. The van der Waals surface area contributed by atoms with Crippen LogP contribution in [0.15, 0.2) is 18.2 Å². The monoisotopic (exact) mass is 289 g/mol. The Morgan fingerprint density at radius 1 is 1.19 bits per heavy atom. The fourth-order valence-corrected chi connectivity index (χ4v) is 3.97. The quantitative estimate of drug-likeness (QED) is 0.863. The second-order valence-electron chi connectivity index (χ2n) is 8.09. The van der Waals surface area contributed by atoms with Crippen LogP contribution in [-0.4, -0.2) is 17.1 Å². The zero-order chi connectivity index (χ0) is 15.8. The van der Waals surface area contributed by atoms with Crippen LogP contribution in [0.4, 0.5) is 0 Å². The van der Waals surface area contributed by atoms with Gasteiger partial charge in [-0.15, -0.1) is 0 Å². The Bertz CT molecular complexity index is 530. The van der Waals surface area contributed by atoms with Crippen LogP contribution in [0.2, 0.25) is 0 Å². The van der Waals surface area contributed by atoms with Gasteiger partial charge in [0.05, 0.1) is 0 Å². The molecule has 2 rings (SSSR count). The second kappa shape index (κ2) is 5.36. The standard InChI is InChI=1S/C18H27NO2/c1-12-6-7-13(8-15(12)20)16(21)19-14-9-17(2,3)11-18(4,5)10-14/h6-8,14,20H,9-11H2,1-5H3,(H,19,21). The minimum absolute atomic E-state index is 0.0937. The highest BCUT2D eigenvalue weighted by molar-refractivity contribution is 5.94. The van der Waals surface area contributed by atoms with E-state index in [1.54, 1.807) is 18.2 Å². The van der Waals surface area contributed by atoms with Gasteiger partial charge in [-0.05, 0) is 54.7 Å². The van der Waals surface area contributed by atoms with Crippen molar-refractivity contribution in [1.82, 2.24) is 5.32 Å². The summed E-state index contributed by atoms with van der Waals surface area (Å²) in [7, 11) is 0. The highest BCUT2D eigenvalue weighted by Crippen LogP contribution is 2.45. The number of hydrogen-bond acceptors (Lipinski definition) is 2. The molecule has 0 aromatic heterocycles.